The smallest absolute Gasteiger partial charge is 0.131 e. The predicted molar refractivity (Wildman–Crippen MR) is 80.4 cm³/mol. The Hall–Kier alpha value is -1.90. The van der Waals surface area contributed by atoms with Crippen LogP contribution in [0.25, 0.3) is 11.3 Å². The van der Waals surface area contributed by atoms with Crippen molar-refractivity contribution in [3.05, 3.63) is 41.7 Å². The molecule has 0 saturated heterocycles. The van der Waals surface area contributed by atoms with E-state index in [0.717, 1.165) is 42.3 Å². The lowest BCUT2D eigenvalue weighted by atomic mass is 10.1. The summed E-state index contributed by atoms with van der Waals surface area (Å²) in [6.07, 6.45) is 1.91. The Morgan fingerprint density at radius 3 is 2.26 bits per heavy atom. The third kappa shape index (κ3) is 3.31. The lowest BCUT2D eigenvalue weighted by Gasteiger charge is -2.08. The molecule has 1 N–H and O–H groups in total. The van der Waals surface area contributed by atoms with Crippen molar-refractivity contribution in [1.29, 1.82) is 0 Å². The van der Waals surface area contributed by atoms with E-state index in [-0.39, 0.29) is 0 Å². The molecule has 3 nitrogen and oxygen atoms in total. The molecule has 0 aliphatic heterocycles. The summed E-state index contributed by atoms with van der Waals surface area (Å²) in [5, 5.41) is 3.26. The lowest BCUT2D eigenvalue weighted by molar-refractivity contribution is 0.939. The fraction of sp³-hybridized carbons (Fsp3) is 0.375. The maximum absolute atomic E-state index is 4.61. The number of nitrogens with one attached hydrogen (secondary N) is 1. The number of aryl methyl sites for hydroxylation is 2. The van der Waals surface area contributed by atoms with E-state index in [4.69, 9.17) is 0 Å². The molecule has 0 aliphatic carbocycles. The highest BCUT2D eigenvalue weighted by Crippen LogP contribution is 2.21. The number of nitrogens with zero attached hydrogens (tertiary/aromatic N) is 2. The number of hydrogen-bond donors (Lipinski definition) is 1. The van der Waals surface area contributed by atoms with Crippen LogP contribution in [0.5, 0.6) is 0 Å². The monoisotopic (exact) mass is 255 g/mol. The van der Waals surface area contributed by atoms with Crippen LogP contribution < -0.4 is 5.32 Å². The molecule has 19 heavy (non-hydrogen) atoms. The summed E-state index contributed by atoms with van der Waals surface area (Å²) in [5.74, 6) is 1.79. The predicted octanol–water partition coefficient (Wildman–Crippen LogP) is 3.70. The van der Waals surface area contributed by atoms with E-state index in [9.17, 15) is 0 Å². The van der Waals surface area contributed by atoms with Crippen molar-refractivity contribution in [2.24, 2.45) is 0 Å². The van der Waals surface area contributed by atoms with Crippen LogP contribution in [-0.2, 0) is 12.8 Å². The topological polar surface area (TPSA) is 37.8 Å². The van der Waals surface area contributed by atoms with Gasteiger partial charge < -0.3 is 5.32 Å². The summed E-state index contributed by atoms with van der Waals surface area (Å²) in [7, 11) is 0. The summed E-state index contributed by atoms with van der Waals surface area (Å²) in [6.45, 7) is 7.19. The molecule has 1 aromatic carbocycles. The molecule has 0 radical (unpaired) electrons. The number of anilines is 1. The highest BCUT2D eigenvalue weighted by atomic mass is 15.0. The minimum Gasteiger partial charge on any atom is -0.370 e. The highest BCUT2D eigenvalue weighted by Gasteiger charge is 2.05. The van der Waals surface area contributed by atoms with Crippen LogP contribution in [0, 0.1) is 0 Å². The summed E-state index contributed by atoms with van der Waals surface area (Å²) in [6, 6.07) is 10.6. The van der Waals surface area contributed by atoms with Crippen LogP contribution in [-0.4, -0.2) is 16.5 Å². The molecule has 0 unspecified atom stereocenters. The number of hydrogen-bond acceptors (Lipinski definition) is 3. The summed E-state index contributed by atoms with van der Waals surface area (Å²) in [5.41, 5.74) is 3.49. The fourth-order valence-electron chi connectivity index (χ4n) is 1.99. The Morgan fingerprint density at radius 2 is 1.68 bits per heavy atom. The zero-order chi connectivity index (χ0) is 13.7. The minimum absolute atomic E-state index is 0.847. The van der Waals surface area contributed by atoms with E-state index in [1.165, 1.54) is 5.56 Å². The van der Waals surface area contributed by atoms with Crippen molar-refractivity contribution in [2.45, 2.75) is 33.6 Å². The van der Waals surface area contributed by atoms with Gasteiger partial charge in [0, 0.05) is 24.6 Å². The Balaban J connectivity index is 2.38. The van der Waals surface area contributed by atoms with Crippen LogP contribution in [0.15, 0.2) is 30.3 Å². The maximum Gasteiger partial charge on any atom is 0.131 e. The number of benzene rings is 1. The van der Waals surface area contributed by atoms with Crippen molar-refractivity contribution in [2.75, 3.05) is 11.9 Å². The van der Waals surface area contributed by atoms with Crippen LogP contribution >= 0.6 is 0 Å². The first-order valence-corrected chi connectivity index (χ1v) is 6.98. The number of rotatable bonds is 5. The second-order valence-corrected chi connectivity index (χ2v) is 4.49. The fourth-order valence-corrected chi connectivity index (χ4v) is 1.99. The average molecular weight is 255 g/mol. The first-order chi connectivity index (χ1) is 9.26. The summed E-state index contributed by atoms with van der Waals surface area (Å²) >= 11 is 0. The molecule has 3 heteroatoms. The van der Waals surface area contributed by atoms with Gasteiger partial charge in [-0.25, -0.2) is 9.97 Å². The minimum atomic E-state index is 0.847. The molecule has 0 aliphatic rings. The molecular weight excluding hydrogens is 234 g/mol. The van der Waals surface area contributed by atoms with Crippen molar-refractivity contribution in [1.82, 2.24) is 9.97 Å². The number of aromatic nitrogens is 2. The van der Waals surface area contributed by atoms with Crippen LogP contribution in [0.1, 0.15) is 32.2 Å². The molecular formula is C16H21N3. The molecule has 0 fully saturated rings. The van der Waals surface area contributed by atoms with Crippen molar-refractivity contribution >= 4 is 5.82 Å². The van der Waals surface area contributed by atoms with Gasteiger partial charge in [-0.05, 0) is 18.9 Å². The van der Waals surface area contributed by atoms with Gasteiger partial charge in [0.2, 0.25) is 0 Å². The van der Waals surface area contributed by atoms with Crippen LogP contribution in [0.4, 0.5) is 5.82 Å². The Bertz CT molecular complexity index is 532. The van der Waals surface area contributed by atoms with E-state index in [2.05, 4.69) is 60.3 Å². The third-order valence-corrected chi connectivity index (χ3v) is 3.10. The second kappa shape index (κ2) is 6.32. The molecule has 0 spiro atoms. The van der Waals surface area contributed by atoms with Gasteiger partial charge in [-0.1, -0.05) is 38.1 Å². The molecule has 2 aromatic rings. The van der Waals surface area contributed by atoms with Gasteiger partial charge in [-0.3, -0.25) is 0 Å². The van der Waals surface area contributed by atoms with Gasteiger partial charge in [-0.2, -0.15) is 0 Å². The third-order valence-electron chi connectivity index (χ3n) is 3.10. The second-order valence-electron chi connectivity index (χ2n) is 4.49. The van der Waals surface area contributed by atoms with E-state index >= 15 is 0 Å². The molecule has 1 aromatic heterocycles. The molecule has 0 amide bonds. The normalized spacial score (nSPS) is 10.5. The lowest BCUT2D eigenvalue weighted by Crippen LogP contribution is -2.04. The molecule has 0 atom stereocenters. The van der Waals surface area contributed by atoms with Gasteiger partial charge in [-0.15, -0.1) is 0 Å². The molecule has 0 bridgehead atoms. The van der Waals surface area contributed by atoms with Crippen molar-refractivity contribution in [3.8, 4) is 11.3 Å². The van der Waals surface area contributed by atoms with E-state index in [0.29, 0.717) is 0 Å². The van der Waals surface area contributed by atoms with E-state index in [1.54, 1.807) is 0 Å². The Morgan fingerprint density at radius 1 is 0.947 bits per heavy atom. The highest BCUT2D eigenvalue weighted by molar-refractivity contribution is 5.62. The van der Waals surface area contributed by atoms with Crippen LogP contribution in [0.2, 0.25) is 0 Å². The van der Waals surface area contributed by atoms with Gasteiger partial charge in [0.15, 0.2) is 0 Å². The molecule has 100 valence electrons. The molecule has 2 rings (SSSR count). The van der Waals surface area contributed by atoms with Gasteiger partial charge in [0.05, 0.1) is 5.69 Å². The maximum atomic E-state index is 4.61. The van der Waals surface area contributed by atoms with Gasteiger partial charge >= 0.3 is 0 Å². The first-order valence-electron chi connectivity index (χ1n) is 6.98. The summed E-state index contributed by atoms with van der Waals surface area (Å²) in [4.78, 5) is 9.09. The molecule has 1 heterocycles. The standard InChI is InChI=1S/C16H21N3/c1-4-12-7-9-13(10-8-12)14-11-16(17-6-3)19-15(5-2)18-14/h7-11H,4-6H2,1-3H3,(H,17,18,19). The van der Waals surface area contributed by atoms with E-state index < -0.39 is 0 Å². The Kier molecular flexibility index (Phi) is 4.50. The molecule has 0 saturated carbocycles. The first kappa shape index (κ1) is 13.5. The largest absolute Gasteiger partial charge is 0.370 e. The van der Waals surface area contributed by atoms with Crippen molar-refractivity contribution < 1.29 is 0 Å². The van der Waals surface area contributed by atoms with Gasteiger partial charge in [0.1, 0.15) is 11.6 Å². The zero-order valence-electron chi connectivity index (χ0n) is 11.9. The quantitative estimate of drug-likeness (QED) is 0.885. The summed E-state index contributed by atoms with van der Waals surface area (Å²) < 4.78 is 0. The SMILES string of the molecule is CCNc1cc(-c2ccc(CC)cc2)nc(CC)n1. The zero-order valence-corrected chi connectivity index (χ0v) is 11.9. The van der Waals surface area contributed by atoms with Crippen LogP contribution in [0.3, 0.4) is 0 Å². The van der Waals surface area contributed by atoms with Gasteiger partial charge in [0.25, 0.3) is 0 Å². The average Bonchev–Trinajstić information content (AvgIpc) is 2.47. The van der Waals surface area contributed by atoms with Crippen molar-refractivity contribution in [3.63, 3.8) is 0 Å². The van der Waals surface area contributed by atoms with E-state index in [1.807, 2.05) is 6.07 Å². The Labute approximate surface area is 115 Å².